The molecule has 1 rings (SSSR count). The molecule has 2 atom stereocenters. The third-order valence-corrected chi connectivity index (χ3v) is 2.57. The molecule has 0 aliphatic rings. The minimum atomic E-state index is -1.09. The molecule has 1 amide bonds. The summed E-state index contributed by atoms with van der Waals surface area (Å²) in [5.41, 5.74) is 5.62. The van der Waals surface area contributed by atoms with E-state index in [1.54, 1.807) is 0 Å². The summed E-state index contributed by atoms with van der Waals surface area (Å²) >= 11 is 3.04. The van der Waals surface area contributed by atoms with E-state index in [0.29, 0.717) is 5.56 Å². The molecule has 0 aliphatic heterocycles. The first kappa shape index (κ1) is 12.1. The van der Waals surface area contributed by atoms with Crippen molar-refractivity contribution in [3.05, 3.63) is 29.6 Å². The third kappa shape index (κ3) is 2.98. The Morgan fingerprint density at radius 2 is 2.20 bits per heavy atom. The van der Waals surface area contributed by atoms with Gasteiger partial charge in [0.1, 0.15) is 6.10 Å². The molecular formula is C9H11BrN2O3. The van der Waals surface area contributed by atoms with Crippen molar-refractivity contribution in [3.63, 3.8) is 0 Å². The van der Waals surface area contributed by atoms with Crippen molar-refractivity contribution in [3.8, 4) is 0 Å². The van der Waals surface area contributed by atoms with Gasteiger partial charge in [-0.1, -0.05) is 15.9 Å². The monoisotopic (exact) mass is 274 g/mol. The van der Waals surface area contributed by atoms with Gasteiger partial charge in [0.05, 0.1) is 11.7 Å². The second-order valence-electron chi connectivity index (χ2n) is 3.04. The first-order valence-electron chi connectivity index (χ1n) is 4.23. The number of amides is 1. The van der Waals surface area contributed by atoms with Crippen LogP contribution in [-0.4, -0.2) is 32.5 Å². The van der Waals surface area contributed by atoms with Crippen LogP contribution in [0.5, 0.6) is 0 Å². The van der Waals surface area contributed by atoms with Gasteiger partial charge in [0.25, 0.3) is 0 Å². The Balaban J connectivity index is 2.94. The molecule has 0 spiro atoms. The fourth-order valence-corrected chi connectivity index (χ4v) is 1.41. The minimum Gasteiger partial charge on any atom is -0.389 e. The van der Waals surface area contributed by atoms with Gasteiger partial charge in [-0.25, -0.2) is 0 Å². The molecule has 0 aromatic carbocycles. The maximum absolute atomic E-state index is 10.8. The molecule has 0 aliphatic carbocycles. The largest absolute Gasteiger partial charge is 0.389 e. The number of rotatable bonds is 4. The van der Waals surface area contributed by atoms with E-state index in [2.05, 4.69) is 20.9 Å². The molecule has 0 fully saturated rings. The van der Waals surface area contributed by atoms with E-state index in [0.717, 1.165) is 0 Å². The van der Waals surface area contributed by atoms with Crippen LogP contribution in [0.4, 0.5) is 0 Å². The van der Waals surface area contributed by atoms with Crippen molar-refractivity contribution in [1.82, 2.24) is 4.98 Å². The predicted molar refractivity (Wildman–Crippen MR) is 57.5 cm³/mol. The van der Waals surface area contributed by atoms with Gasteiger partial charge >= 0.3 is 0 Å². The molecule has 6 heteroatoms. The van der Waals surface area contributed by atoms with E-state index in [1.165, 1.54) is 18.5 Å². The smallest absolute Gasteiger partial charge is 0.250 e. The Labute approximate surface area is 95.1 Å². The summed E-state index contributed by atoms with van der Waals surface area (Å²) in [6.45, 7) is 0. The Morgan fingerprint density at radius 1 is 1.53 bits per heavy atom. The molecule has 82 valence electrons. The number of alkyl halides is 1. The highest BCUT2D eigenvalue weighted by atomic mass is 79.9. The summed E-state index contributed by atoms with van der Waals surface area (Å²) in [5.74, 6) is -0.620. The van der Waals surface area contributed by atoms with Crippen molar-refractivity contribution < 1.29 is 15.0 Å². The maximum Gasteiger partial charge on any atom is 0.250 e. The van der Waals surface area contributed by atoms with Crippen LogP contribution in [0.3, 0.4) is 0 Å². The number of aliphatic hydroxyl groups excluding tert-OH is 2. The summed E-state index contributed by atoms with van der Waals surface area (Å²) in [6, 6.07) is 1.41. The van der Waals surface area contributed by atoms with E-state index in [4.69, 9.17) is 5.73 Å². The Morgan fingerprint density at radius 3 is 2.73 bits per heavy atom. The lowest BCUT2D eigenvalue weighted by atomic mass is 10.1. The Hall–Kier alpha value is -0.980. The molecule has 1 aromatic heterocycles. The fraction of sp³-hybridized carbons (Fsp3) is 0.333. The van der Waals surface area contributed by atoms with Crippen molar-refractivity contribution in [2.75, 3.05) is 5.33 Å². The van der Waals surface area contributed by atoms with Crippen LogP contribution < -0.4 is 5.73 Å². The highest BCUT2D eigenvalue weighted by Crippen LogP contribution is 2.18. The minimum absolute atomic E-state index is 0.202. The van der Waals surface area contributed by atoms with Gasteiger partial charge in [-0.15, -0.1) is 0 Å². The van der Waals surface area contributed by atoms with Gasteiger partial charge in [-0.05, 0) is 6.07 Å². The van der Waals surface area contributed by atoms with Crippen LogP contribution in [0.1, 0.15) is 22.0 Å². The molecular weight excluding hydrogens is 264 g/mol. The van der Waals surface area contributed by atoms with E-state index in [-0.39, 0.29) is 10.9 Å². The van der Waals surface area contributed by atoms with Crippen LogP contribution in [0, 0.1) is 0 Å². The van der Waals surface area contributed by atoms with Crippen molar-refractivity contribution >= 4 is 21.8 Å². The summed E-state index contributed by atoms with van der Waals surface area (Å²) in [5, 5.41) is 19.2. The lowest BCUT2D eigenvalue weighted by molar-refractivity contribution is 0.0340. The van der Waals surface area contributed by atoms with Gasteiger partial charge < -0.3 is 15.9 Å². The predicted octanol–water partition coefficient (Wildman–Crippen LogP) is -0.0303. The molecule has 1 heterocycles. The van der Waals surface area contributed by atoms with Crippen LogP contribution in [-0.2, 0) is 0 Å². The first-order chi connectivity index (χ1) is 7.06. The number of hydrogen-bond acceptors (Lipinski definition) is 4. The molecule has 5 nitrogen and oxygen atoms in total. The SMILES string of the molecule is NC(=O)c1cncc(C(O)C(O)CBr)c1. The van der Waals surface area contributed by atoms with Gasteiger partial charge in [0.15, 0.2) is 0 Å². The molecule has 0 bridgehead atoms. The zero-order chi connectivity index (χ0) is 11.4. The second kappa shape index (κ2) is 5.20. The summed E-state index contributed by atoms with van der Waals surface area (Å²) in [4.78, 5) is 14.6. The maximum atomic E-state index is 10.8. The van der Waals surface area contributed by atoms with Crippen LogP contribution in [0.25, 0.3) is 0 Å². The number of primary amides is 1. The quantitative estimate of drug-likeness (QED) is 0.672. The van der Waals surface area contributed by atoms with Crippen LogP contribution >= 0.6 is 15.9 Å². The number of pyridine rings is 1. The van der Waals surface area contributed by atoms with Crippen molar-refractivity contribution in [1.29, 1.82) is 0 Å². The average molecular weight is 275 g/mol. The lowest BCUT2D eigenvalue weighted by Crippen LogP contribution is -2.20. The number of nitrogens with two attached hydrogens (primary N) is 1. The standard InChI is InChI=1S/C9H11BrN2O3/c10-2-7(13)8(14)5-1-6(9(11)15)4-12-3-5/h1,3-4,7-8,13-14H,2H2,(H2,11,15). The van der Waals surface area contributed by atoms with Gasteiger partial charge in [-0.2, -0.15) is 0 Å². The topological polar surface area (TPSA) is 96.4 Å². The Kier molecular flexibility index (Phi) is 4.19. The van der Waals surface area contributed by atoms with E-state index in [1.807, 2.05) is 0 Å². The number of halogens is 1. The molecule has 2 unspecified atom stereocenters. The van der Waals surface area contributed by atoms with Crippen molar-refractivity contribution in [2.24, 2.45) is 5.73 Å². The van der Waals surface area contributed by atoms with Crippen molar-refractivity contribution in [2.45, 2.75) is 12.2 Å². The lowest BCUT2D eigenvalue weighted by Gasteiger charge is -2.15. The highest BCUT2D eigenvalue weighted by molar-refractivity contribution is 9.09. The zero-order valence-corrected chi connectivity index (χ0v) is 9.39. The highest BCUT2D eigenvalue weighted by Gasteiger charge is 2.18. The second-order valence-corrected chi connectivity index (χ2v) is 3.69. The number of aliphatic hydroxyl groups is 2. The fourth-order valence-electron chi connectivity index (χ4n) is 1.06. The summed E-state index contributed by atoms with van der Waals surface area (Å²) in [7, 11) is 0. The van der Waals surface area contributed by atoms with Crippen LogP contribution in [0.2, 0.25) is 0 Å². The number of aromatic nitrogens is 1. The van der Waals surface area contributed by atoms with Crippen LogP contribution in [0.15, 0.2) is 18.5 Å². The first-order valence-corrected chi connectivity index (χ1v) is 5.35. The zero-order valence-electron chi connectivity index (χ0n) is 7.80. The van der Waals surface area contributed by atoms with Gasteiger partial charge in [0.2, 0.25) is 5.91 Å². The normalized spacial score (nSPS) is 14.6. The number of carbonyl (C=O) groups excluding carboxylic acids is 1. The number of carbonyl (C=O) groups is 1. The molecule has 15 heavy (non-hydrogen) atoms. The van der Waals surface area contributed by atoms with E-state index >= 15 is 0 Å². The third-order valence-electron chi connectivity index (χ3n) is 1.91. The number of nitrogens with zero attached hydrogens (tertiary/aromatic N) is 1. The molecule has 0 saturated carbocycles. The molecule has 0 saturated heterocycles. The van der Waals surface area contributed by atoms with E-state index in [9.17, 15) is 15.0 Å². The Bertz CT molecular complexity index is 359. The molecule has 0 radical (unpaired) electrons. The van der Waals surface area contributed by atoms with Gasteiger partial charge in [0, 0.05) is 23.3 Å². The summed E-state index contributed by atoms with van der Waals surface area (Å²) in [6.07, 6.45) is 0.647. The molecule has 4 N–H and O–H groups in total. The van der Waals surface area contributed by atoms with E-state index < -0.39 is 18.1 Å². The van der Waals surface area contributed by atoms with Gasteiger partial charge in [-0.3, -0.25) is 9.78 Å². The summed E-state index contributed by atoms with van der Waals surface area (Å²) < 4.78 is 0. The average Bonchev–Trinajstić information content (AvgIpc) is 2.27. The number of hydrogen-bond donors (Lipinski definition) is 3. The molecule has 1 aromatic rings.